The molecule has 0 bridgehead atoms. The Morgan fingerprint density at radius 1 is 0.949 bits per heavy atom. The van der Waals surface area contributed by atoms with Gasteiger partial charge in [-0.3, -0.25) is 9.82 Å². The predicted octanol–water partition coefficient (Wildman–Crippen LogP) is 5.74. The molecule has 7 nitrogen and oxygen atoms in total. The maximum atomic E-state index is 12.3. The number of anilines is 1. The molecular formula is C30H38ClN5O2S. The van der Waals surface area contributed by atoms with Crippen LogP contribution in [-0.2, 0) is 15.4 Å². The number of fused-ring (bicyclic) bond motifs is 1. The third-order valence-corrected chi connectivity index (χ3v) is 5.60. The maximum Gasteiger partial charge on any atom is 0.302 e. The highest BCUT2D eigenvalue weighted by Gasteiger charge is 2.24. The number of terminal acetylenes is 1. The molecule has 208 valence electrons. The van der Waals surface area contributed by atoms with Gasteiger partial charge in [0.25, 0.3) is 0 Å². The summed E-state index contributed by atoms with van der Waals surface area (Å²) < 4.78 is 28.5. The number of sulfonamides is 1. The summed E-state index contributed by atoms with van der Waals surface area (Å²) in [5.74, 6) is 33.6. The second kappa shape index (κ2) is 12.6. The van der Waals surface area contributed by atoms with Crippen molar-refractivity contribution in [2.45, 2.75) is 26.2 Å². The summed E-state index contributed by atoms with van der Waals surface area (Å²) in [6.07, 6.45) is 4.94. The van der Waals surface area contributed by atoms with Crippen molar-refractivity contribution in [3.63, 3.8) is 0 Å². The molecule has 0 aliphatic rings. The van der Waals surface area contributed by atoms with Crippen molar-refractivity contribution in [3.8, 4) is 106 Å². The summed E-state index contributed by atoms with van der Waals surface area (Å²) in [7, 11) is -4.01. The van der Waals surface area contributed by atoms with Crippen LogP contribution in [0, 0.1) is 94.6 Å². The highest BCUT2D eigenvalue weighted by atomic mass is 35.5. The average Bonchev–Trinajstić information content (AvgIpc) is 3.43. The van der Waals surface area contributed by atoms with Gasteiger partial charge in [0, 0.05) is 44.4 Å². The number of nitrogens with one attached hydrogen (secondary N) is 2. The molecular weight excluding hydrogens is 530 g/mol. The summed E-state index contributed by atoms with van der Waals surface area (Å²) in [5, 5.41) is 10.1. The summed E-state index contributed by atoms with van der Waals surface area (Å²) in [4.78, 5) is 4.49. The number of benzene rings is 1. The Labute approximate surface area is 248 Å². The second-order valence-electron chi connectivity index (χ2n) is 8.28. The quantitative estimate of drug-likeness (QED) is 0.395. The van der Waals surface area contributed by atoms with E-state index in [1.165, 1.54) is 4.63 Å². The molecule has 0 spiro atoms. The number of aromatic nitrogens is 4. The van der Waals surface area contributed by atoms with E-state index in [1.54, 1.807) is 24.3 Å². The number of hydrogen-bond acceptors (Lipinski definition) is 4. The van der Waals surface area contributed by atoms with Gasteiger partial charge in [0.2, 0.25) is 0 Å². The van der Waals surface area contributed by atoms with Crippen LogP contribution in [0.25, 0.3) is 17.0 Å². The van der Waals surface area contributed by atoms with Crippen LogP contribution in [0.4, 0.5) is 5.69 Å². The first-order valence-corrected chi connectivity index (χ1v) is 12.7. The monoisotopic (exact) mass is 567 g/mol. The lowest BCUT2D eigenvalue weighted by Gasteiger charge is -2.16. The van der Waals surface area contributed by atoms with Gasteiger partial charge in [0.05, 0.1) is 16.6 Å². The van der Waals surface area contributed by atoms with Crippen molar-refractivity contribution in [3.05, 3.63) is 35.0 Å². The van der Waals surface area contributed by atoms with E-state index in [1.807, 2.05) is 20.8 Å². The third-order valence-electron chi connectivity index (χ3n) is 4.37. The van der Waals surface area contributed by atoms with Gasteiger partial charge in [-0.05, 0) is 77.3 Å². The first kappa shape index (κ1) is 28.0. The minimum absolute atomic E-state index is 0. The molecule has 2 N–H and O–H groups in total. The molecule has 0 amide bonds. The Morgan fingerprint density at radius 2 is 1.51 bits per heavy atom. The molecule has 0 unspecified atom stereocenters. The standard InChI is InChI=1S/C30H16ClN5O2S.11H2/c1-5-6-7-8-9-10-11-12-13-14-15-16-17-18-22-39(37,38)35-25-21-19-20-24(23-25)28-32-29-26(31)27(30(2,3)4)33-36(29)34-28;;;;;;;;;;;/h1,19-21,23,33,35H,2-4H3;11*1H. The topological polar surface area (TPSA) is 92.1 Å². The molecule has 2 aromatic heterocycles. The van der Waals surface area contributed by atoms with Crippen molar-refractivity contribution >= 4 is 33.0 Å². The first-order valence-electron chi connectivity index (χ1n) is 10.9. The normalized spacial score (nSPS) is 9.31. The molecule has 0 aliphatic carbocycles. The zero-order chi connectivity index (χ0) is 28.3. The van der Waals surface area contributed by atoms with Gasteiger partial charge >= 0.3 is 10.0 Å². The van der Waals surface area contributed by atoms with Gasteiger partial charge in [-0.25, -0.2) is 4.98 Å². The van der Waals surface area contributed by atoms with Crippen LogP contribution < -0.4 is 4.72 Å². The maximum absolute atomic E-state index is 12.3. The number of nitrogens with zero attached hydrogens (tertiary/aromatic N) is 3. The number of aromatic amines is 1. The Kier molecular flexibility index (Phi) is 9.04. The molecule has 1 aromatic carbocycles. The highest BCUT2D eigenvalue weighted by Crippen LogP contribution is 2.32. The fourth-order valence-corrected chi connectivity index (χ4v) is 3.91. The Bertz CT molecular complexity index is 2100. The van der Waals surface area contributed by atoms with Crippen molar-refractivity contribution < 1.29 is 24.1 Å². The smallest absolute Gasteiger partial charge is 0.278 e. The Morgan fingerprint density at radius 3 is 2.05 bits per heavy atom. The molecule has 0 atom stereocenters. The van der Waals surface area contributed by atoms with Crippen molar-refractivity contribution in [1.82, 2.24) is 19.8 Å². The number of rotatable bonds is 3. The molecule has 39 heavy (non-hydrogen) atoms. The first-order chi connectivity index (χ1) is 18.6. The van der Waals surface area contributed by atoms with Gasteiger partial charge in [-0.15, -0.1) is 11.5 Å². The molecule has 9 heteroatoms. The lowest BCUT2D eigenvalue weighted by Crippen LogP contribution is -2.13. The SMILES string of the molecule is C#CC#CC#CC#CC#CC#CC#CC#CS(=O)(=O)Nc1cccc(-c2nc3c(Cl)c(C(C)(C)C)[nH]n3n2)c1.[HH].[HH].[HH].[HH].[HH].[HH].[HH].[HH].[HH].[HH].[HH]. The molecule has 0 saturated heterocycles. The minimum atomic E-state index is -4.01. The number of hydrogen-bond donors (Lipinski definition) is 2. The zero-order valence-electron chi connectivity index (χ0n) is 20.8. The molecule has 3 rings (SSSR count). The summed E-state index contributed by atoms with van der Waals surface area (Å²) in [6.45, 7) is 6.07. The summed E-state index contributed by atoms with van der Waals surface area (Å²) in [6, 6.07) is 6.57. The predicted molar refractivity (Wildman–Crippen MR) is 176 cm³/mol. The summed E-state index contributed by atoms with van der Waals surface area (Å²) in [5.41, 5.74) is 1.93. The van der Waals surface area contributed by atoms with Crippen LogP contribution in [0.2, 0.25) is 5.02 Å². The molecule has 0 fully saturated rings. The van der Waals surface area contributed by atoms with Crippen LogP contribution in [0.15, 0.2) is 24.3 Å². The van der Waals surface area contributed by atoms with Gasteiger partial charge in [0.15, 0.2) is 11.5 Å². The second-order valence-corrected chi connectivity index (χ2v) is 10.1. The summed E-state index contributed by atoms with van der Waals surface area (Å²) >= 11 is 6.49. The molecule has 0 aliphatic heterocycles. The van der Waals surface area contributed by atoms with E-state index in [9.17, 15) is 8.42 Å². The van der Waals surface area contributed by atoms with Crippen molar-refractivity contribution in [1.29, 1.82) is 0 Å². The van der Waals surface area contributed by atoms with Crippen LogP contribution in [0.3, 0.4) is 0 Å². The number of H-pyrrole nitrogens is 1. The fourth-order valence-electron chi connectivity index (χ4n) is 2.79. The van der Waals surface area contributed by atoms with E-state index < -0.39 is 10.0 Å². The van der Waals surface area contributed by atoms with E-state index in [4.69, 9.17) is 18.0 Å². The van der Waals surface area contributed by atoms with Crippen LogP contribution in [-0.4, -0.2) is 28.2 Å². The van der Waals surface area contributed by atoms with E-state index in [2.05, 4.69) is 108 Å². The van der Waals surface area contributed by atoms with Crippen LogP contribution in [0.5, 0.6) is 0 Å². The van der Waals surface area contributed by atoms with Crippen LogP contribution in [0.1, 0.15) is 42.2 Å². The number of halogens is 1. The van der Waals surface area contributed by atoms with Gasteiger partial charge in [-0.2, -0.15) is 13.0 Å². The van der Waals surface area contributed by atoms with E-state index in [-0.39, 0.29) is 26.8 Å². The Balaban J connectivity index is -0.000000218. The van der Waals surface area contributed by atoms with E-state index in [0.717, 1.165) is 5.69 Å². The van der Waals surface area contributed by atoms with Gasteiger partial charge in [-0.1, -0.05) is 44.5 Å². The minimum Gasteiger partial charge on any atom is -0.278 e. The largest absolute Gasteiger partial charge is 0.302 e. The molecule has 2 heterocycles. The van der Waals surface area contributed by atoms with E-state index in [0.29, 0.717) is 22.1 Å². The molecule has 0 saturated carbocycles. The molecule has 0 radical (unpaired) electrons. The average molecular weight is 568 g/mol. The highest BCUT2D eigenvalue weighted by molar-refractivity contribution is 7.97. The lowest BCUT2D eigenvalue weighted by molar-refractivity contribution is 0.557. The van der Waals surface area contributed by atoms with Crippen LogP contribution >= 0.6 is 11.6 Å². The van der Waals surface area contributed by atoms with Gasteiger partial charge < -0.3 is 0 Å². The van der Waals surface area contributed by atoms with E-state index >= 15 is 0 Å². The fraction of sp³-hybridized carbons (Fsp3) is 0.133. The van der Waals surface area contributed by atoms with Crippen molar-refractivity contribution in [2.75, 3.05) is 4.72 Å². The van der Waals surface area contributed by atoms with Gasteiger partial charge in [0.1, 0.15) is 5.02 Å². The lowest BCUT2D eigenvalue weighted by atomic mass is 9.92. The zero-order valence-corrected chi connectivity index (χ0v) is 22.4. The van der Waals surface area contributed by atoms with Crippen molar-refractivity contribution in [2.24, 2.45) is 0 Å². The third kappa shape index (κ3) is 8.22. The Hall–Kier alpha value is -5.58. The molecule has 3 aromatic rings.